The van der Waals surface area contributed by atoms with Gasteiger partial charge in [-0.2, -0.15) is 0 Å². The third kappa shape index (κ3) is 13.2. The molecule has 0 N–H and O–H groups in total. The molecule has 10 atom stereocenters. The van der Waals surface area contributed by atoms with Crippen LogP contribution in [0.25, 0.3) is 0 Å². The zero-order valence-corrected chi connectivity index (χ0v) is 45.3. The third-order valence-electron chi connectivity index (χ3n) is 22.3. The molecule has 9 fully saturated rings. The van der Waals surface area contributed by atoms with E-state index in [4.69, 9.17) is 0 Å². The average Bonchev–Trinajstić information content (AvgIpc) is 3.37. The van der Waals surface area contributed by atoms with Crippen LogP contribution in [0, 0.1) is 107 Å². The number of hydrogen-bond donors (Lipinski definition) is 0. The fraction of sp³-hybridized carbons (Fsp3) is 1.00. The lowest BCUT2D eigenvalue weighted by molar-refractivity contribution is -0.114. The van der Waals surface area contributed by atoms with Gasteiger partial charge in [0.05, 0.1) is 0 Å². The van der Waals surface area contributed by atoms with E-state index in [1.54, 1.807) is 212 Å². The Kier molecular flexibility index (Phi) is 23.9. The van der Waals surface area contributed by atoms with E-state index in [0.717, 1.165) is 107 Å². The molecule has 0 aromatic carbocycles. The quantitative estimate of drug-likeness (QED) is 0.194. The van der Waals surface area contributed by atoms with Crippen molar-refractivity contribution < 1.29 is 0 Å². The highest BCUT2D eigenvalue weighted by Crippen LogP contribution is 2.63. The lowest BCUT2D eigenvalue weighted by Crippen LogP contribution is -2.53. The summed E-state index contributed by atoms with van der Waals surface area (Å²) in [4.78, 5) is 0. The van der Waals surface area contributed by atoms with Gasteiger partial charge in [-0.25, -0.2) is 0 Å². The number of hydrogen-bond acceptors (Lipinski definition) is 0. The van der Waals surface area contributed by atoms with Crippen molar-refractivity contribution in [3.05, 3.63) is 0 Å². The predicted molar refractivity (Wildman–Crippen MR) is 284 cm³/mol. The molecule has 0 aromatic rings. The van der Waals surface area contributed by atoms with E-state index >= 15 is 0 Å². The predicted octanol–water partition coefficient (Wildman–Crippen LogP) is 21.1. The van der Waals surface area contributed by atoms with Crippen molar-refractivity contribution in [1.82, 2.24) is 0 Å². The molecule has 9 aliphatic rings. The highest BCUT2D eigenvalue weighted by molar-refractivity contribution is 5.04. The second-order valence-electron chi connectivity index (χ2n) is 24.9. The van der Waals surface area contributed by atoms with E-state index in [0.29, 0.717) is 0 Å². The molecular formula is C64H118. The van der Waals surface area contributed by atoms with Crippen LogP contribution in [0.2, 0.25) is 0 Å². The van der Waals surface area contributed by atoms with Crippen LogP contribution < -0.4 is 0 Å². The van der Waals surface area contributed by atoms with Gasteiger partial charge in [0.1, 0.15) is 0 Å². The molecule has 0 aliphatic heterocycles. The summed E-state index contributed by atoms with van der Waals surface area (Å²) >= 11 is 0. The van der Waals surface area contributed by atoms with Gasteiger partial charge in [-0.3, -0.25) is 0 Å². The van der Waals surface area contributed by atoms with Crippen molar-refractivity contribution in [2.75, 3.05) is 0 Å². The van der Waals surface area contributed by atoms with Gasteiger partial charge in [-0.1, -0.05) is 203 Å². The zero-order chi connectivity index (χ0) is 45.3. The molecule has 9 saturated carbocycles. The molecule has 9 rings (SSSR count). The summed E-state index contributed by atoms with van der Waals surface area (Å²) in [6.45, 7) is 17.3. The number of fused-ring (bicyclic) bond motifs is 3. The molecule has 64 heavy (non-hydrogen) atoms. The van der Waals surface area contributed by atoms with Crippen LogP contribution >= 0.6 is 0 Å². The van der Waals surface area contributed by atoms with Crippen LogP contribution in [0.1, 0.15) is 299 Å². The zero-order valence-electron chi connectivity index (χ0n) is 45.3. The van der Waals surface area contributed by atoms with Crippen LogP contribution in [0.4, 0.5) is 0 Å². The van der Waals surface area contributed by atoms with Gasteiger partial charge in [0.15, 0.2) is 0 Å². The largest absolute Gasteiger partial charge is 0.0683 e. The van der Waals surface area contributed by atoms with Gasteiger partial charge >= 0.3 is 0 Å². The molecular weight excluding hydrogens is 769 g/mol. The summed E-state index contributed by atoms with van der Waals surface area (Å²) < 4.78 is 0. The minimum Gasteiger partial charge on any atom is -0.0683 e. The maximum absolute atomic E-state index is 2.79. The first-order chi connectivity index (χ1) is 31.7. The Morgan fingerprint density at radius 2 is 0.734 bits per heavy atom. The fourth-order valence-electron chi connectivity index (χ4n) is 20.0. The summed E-state index contributed by atoms with van der Waals surface area (Å²) in [5.74, 6) is 19.5. The van der Waals surface area contributed by atoms with Crippen LogP contribution in [-0.2, 0) is 0 Å². The first-order valence-electron chi connectivity index (χ1n) is 31.7. The molecule has 0 spiro atoms. The highest BCUT2D eigenvalue weighted by Gasteiger charge is 2.55. The maximum Gasteiger partial charge on any atom is -0.0323 e. The van der Waals surface area contributed by atoms with E-state index in [-0.39, 0.29) is 0 Å². The highest BCUT2D eigenvalue weighted by atomic mass is 14.6. The Labute approximate surface area is 404 Å². The third-order valence-corrected chi connectivity index (χ3v) is 22.3. The molecule has 0 heterocycles. The summed E-state index contributed by atoms with van der Waals surface area (Å²) in [7, 11) is 0. The van der Waals surface area contributed by atoms with E-state index in [1.807, 2.05) is 41.5 Å². The Balaban J connectivity index is 0.00000109. The smallest absolute Gasteiger partial charge is 0.0323 e. The van der Waals surface area contributed by atoms with Crippen molar-refractivity contribution in [1.29, 1.82) is 0 Å². The van der Waals surface area contributed by atoms with Crippen molar-refractivity contribution in [2.24, 2.45) is 107 Å². The summed E-state index contributed by atoms with van der Waals surface area (Å²) in [6.07, 6.45) is 60.1. The van der Waals surface area contributed by atoms with Crippen LogP contribution in [-0.4, -0.2) is 0 Å². The van der Waals surface area contributed by atoms with Crippen LogP contribution in [0.5, 0.6) is 0 Å². The van der Waals surface area contributed by atoms with Crippen molar-refractivity contribution in [3.8, 4) is 0 Å². The fourth-order valence-corrected chi connectivity index (χ4v) is 20.0. The summed E-state index contributed by atoms with van der Waals surface area (Å²) in [5.41, 5.74) is 0. The molecule has 0 amide bonds. The van der Waals surface area contributed by atoms with E-state index in [1.165, 1.54) is 32.1 Å². The first-order valence-corrected chi connectivity index (χ1v) is 31.7. The maximum atomic E-state index is 2.79. The van der Waals surface area contributed by atoms with Gasteiger partial charge in [0, 0.05) is 0 Å². The van der Waals surface area contributed by atoms with Crippen LogP contribution in [0.3, 0.4) is 0 Å². The van der Waals surface area contributed by atoms with Gasteiger partial charge < -0.3 is 0 Å². The molecule has 374 valence electrons. The molecule has 0 aromatic heterocycles. The summed E-state index contributed by atoms with van der Waals surface area (Å²) in [5, 5.41) is 0. The average molecular weight is 888 g/mol. The second-order valence-corrected chi connectivity index (χ2v) is 24.9. The molecule has 0 heteroatoms. The summed E-state index contributed by atoms with van der Waals surface area (Å²) in [6, 6.07) is 0. The molecule has 0 bridgehead atoms. The van der Waals surface area contributed by atoms with Gasteiger partial charge in [-0.05, 0) is 203 Å². The lowest BCUT2D eigenvalue weighted by Gasteiger charge is -2.60. The standard InChI is InChI=1S/C58H100.3C2H6/c1-3-18-46(25-17-22-42-20-6-4-7-21-42)57-52-28-12-14-30-54(52)58(55-31-15-13-29-53(55)57)48-39-37-47(38-40-48)56-41(2)19-16-32-49(50-26-10-11-27-51(50)56)45-35-33-44(34-36-45)43-23-8-5-9-24-43;3*1-2/h41-58H,3-40H2,1-2H3;3*1-2H3. The van der Waals surface area contributed by atoms with Crippen molar-refractivity contribution in [3.63, 3.8) is 0 Å². The van der Waals surface area contributed by atoms with Crippen molar-refractivity contribution >= 4 is 0 Å². The minimum absolute atomic E-state index is 0.990. The SMILES string of the molecule is CC.CC.CC.CCCC(CCCC1CCCCC1)C1C2CCCCC2C(C2CCC(C3C(C)CCCC(C4CCC(C5CCCCC5)CC4)C4CCCCC43)CC2)C2CCCCC21. The van der Waals surface area contributed by atoms with Gasteiger partial charge in [0.25, 0.3) is 0 Å². The van der Waals surface area contributed by atoms with E-state index in [2.05, 4.69) is 13.8 Å². The minimum atomic E-state index is 0.990. The molecule has 9 aliphatic carbocycles. The van der Waals surface area contributed by atoms with Crippen LogP contribution in [0.15, 0.2) is 0 Å². The monoisotopic (exact) mass is 887 g/mol. The Hall–Kier alpha value is 0. The van der Waals surface area contributed by atoms with Gasteiger partial charge in [-0.15, -0.1) is 0 Å². The molecule has 0 radical (unpaired) electrons. The molecule has 0 nitrogen and oxygen atoms in total. The first kappa shape index (κ1) is 53.4. The van der Waals surface area contributed by atoms with E-state index in [9.17, 15) is 0 Å². The topological polar surface area (TPSA) is 0 Å². The second kappa shape index (κ2) is 28.6. The van der Waals surface area contributed by atoms with Crippen molar-refractivity contribution in [2.45, 2.75) is 299 Å². The van der Waals surface area contributed by atoms with Gasteiger partial charge in [0.2, 0.25) is 0 Å². The lowest BCUT2D eigenvalue weighted by atomic mass is 9.45. The number of rotatable bonds is 11. The Morgan fingerprint density at radius 1 is 0.328 bits per heavy atom. The molecule has 0 saturated heterocycles. The normalized spacial score (nSPS) is 41.5. The Bertz CT molecular complexity index is 1150. The Morgan fingerprint density at radius 3 is 1.28 bits per heavy atom. The van der Waals surface area contributed by atoms with E-state index < -0.39 is 0 Å². The molecule has 10 unspecified atom stereocenters.